The van der Waals surface area contributed by atoms with Gasteiger partial charge in [0.1, 0.15) is 0 Å². The first kappa shape index (κ1) is 12.4. The van der Waals surface area contributed by atoms with Crippen molar-refractivity contribution in [2.24, 2.45) is 0 Å². The average Bonchev–Trinajstić information content (AvgIpc) is 2.12. The highest BCUT2D eigenvalue weighted by atomic mass is 16.3. The van der Waals surface area contributed by atoms with Crippen LogP contribution in [0.2, 0.25) is 0 Å². The summed E-state index contributed by atoms with van der Waals surface area (Å²) >= 11 is 0. The van der Waals surface area contributed by atoms with Gasteiger partial charge in [-0.2, -0.15) is 0 Å². The maximum Gasteiger partial charge on any atom is 0.221 e. The molecule has 0 aromatic carbocycles. The number of carbonyl (C=O) groups is 1. The van der Waals surface area contributed by atoms with Crippen molar-refractivity contribution < 1.29 is 9.90 Å². The highest BCUT2D eigenvalue weighted by Gasteiger charge is 2.04. The van der Waals surface area contributed by atoms with Gasteiger partial charge in [-0.15, -0.1) is 0 Å². The molecule has 0 aromatic heterocycles. The molecule has 1 amide bonds. The van der Waals surface area contributed by atoms with E-state index in [-0.39, 0.29) is 5.91 Å². The smallest absolute Gasteiger partial charge is 0.221 e. The summed E-state index contributed by atoms with van der Waals surface area (Å²) in [5.74, 6) is -0.00972. The lowest BCUT2D eigenvalue weighted by atomic mass is 10.2. The van der Waals surface area contributed by atoms with Crippen LogP contribution < -0.4 is 10.6 Å². The minimum atomic E-state index is -0.400. The van der Waals surface area contributed by atoms with Crippen LogP contribution in [-0.2, 0) is 4.79 Å². The molecule has 0 aliphatic heterocycles. The Morgan fingerprint density at radius 1 is 1.54 bits per heavy atom. The van der Waals surface area contributed by atoms with E-state index in [0.717, 1.165) is 12.8 Å². The Bertz CT molecular complexity index is 140. The Hall–Kier alpha value is -0.610. The summed E-state index contributed by atoms with van der Waals surface area (Å²) < 4.78 is 0. The van der Waals surface area contributed by atoms with E-state index in [1.165, 1.54) is 0 Å². The number of rotatable bonds is 7. The normalized spacial score (nSPS) is 12.5. The number of nitrogens with one attached hydrogen (secondary N) is 2. The molecule has 13 heavy (non-hydrogen) atoms. The number of hydrogen-bond acceptors (Lipinski definition) is 3. The van der Waals surface area contributed by atoms with E-state index in [4.69, 9.17) is 0 Å². The molecule has 0 aliphatic carbocycles. The molecule has 0 saturated heterocycles. The molecule has 4 heteroatoms. The molecule has 0 fully saturated rings. The van der Waals surface area contributed by atoms with E-state index >= 15 is 0 Å². The van der Waals surface area contributed by atoms with Gasteiger partial charge in [-0.05, 0) is 13.5 Å². The average molecular weight is 188 g/mol. The molecular formula is C9H20N2O2. The highest BCUT2D eigenvalue weighted by molar-refractivity contribution is 5.76. The monoisotopic (exact) mass is 188 g/mol. The summed E-state index contributed by atoms with van der Waals surface area (Å²) in [7, 11) is 1.80. The van der Waals surface area contributed by atoms with Gasteiger partial charge in [0.25, 0.3) is 0 Å². The molecule has 0 aromatic rings. The van der Waals surface area contributed by atoms with Crippen molar-refractivity contribution >= 4 is 5.91 Å². The van der Waals surface area contributed by atoms with E-state index in [0.29, 0.717) is 19.5 Å². The van der Waals surface area contributed by atoms with Crippen LogP contribution in [0.25, 0.3) is 0 Å². The predicted molar refractivity (Wildman–Crippen MR) is 52.5 cm³/mol. The largest absolute Gasteiger partial charge is 0.391 e. The molecule has 78 valence electrons. The summed E-state index contributed by atoms with van der Waals surface area (Å²) in [5, 5.41) is 14.9. The molecule has 0 heterocycles. The molecule has 0 radical (unpaired) electrons. The number of hydrogen-bond donors (Lipinski definition) is 3. The number of aliphatic hydroxyl groups excluding tert-OH is 1. The topological polar surface area (TPSA) is 61.4 Å². The van der Waals surface area contributed by atoms with E-state index in [9.17, 15) is 9.90 Å². The molecule has 0 spiro atoms. The summed E-state index contributed by atoms with van der Waals surface area (Å²) in [6.45, 7) is 3.05. The summed E-state index contributed by atoms with van der Waals surface area (Å²) in [6.07, 6.45) is 1.75. The zero-order valence-corrected chi connectivity index (χ0v) is 8.47. The number of carbonyl (C=O) groups excluding carboxylic acids is 1. The molecule has 0 saturated carbocycles. The van der Waals surface area contributed by atoms with Crippen molar-refractivity contribution in [2.75, 3.05) is 20.1 Å². The molecule has 1 atom stereocenters. The van der Waals surface area contributed by atoms with Gasteiger partial charge in [0.15, 0.2) is 0 Å². The second kappa shape index (κ2) is 8.01. The number of aliphatic hydroxyl groups is 1. The second-order valence-corrected chi connectivity index (χ2v) is 3.10. The van der Waals surface area contributed by atoms with E-state index in [1.807, 2.05) is 6.92 Å². The van der Waals surface area contributed by atoms with Crippen LogP contribution in [-0.4, -0.2) is 37.3 Å². The maximum absolute atomic E-state index is 11.0. The third-order valence-electron chi connectivity index (χ3n) is 1.76. The lowest BCUT2D eigenvalue weighted by Crippen LogP contribution is -2.33. The minimum Gasteiger partial charge on any atom is -0.391 e. The second-order valence-electron chi connectivity index (χ2n) is 3.10. The van der Waals surface area contributed by atoms with E-state index in [1.54, 1.807) is 7.05 Å². The Morgan fingerprint density at radius 2 is 2.23 bits per heavy atom. The quantitative estimate of drug-likeness (QED) is 0.521. The van der Waals surface area contributed by atoms with Gasteiger partial charge in [0.2, 0.25) is 5.91 Å². The van der Waals surface area contributed by atoms with Gasteiger partial charge in [-0.3, -0.25) is 4.79 Å². The van der Waals surface area contributed by atoms with Gasteiger partial charge in [-0.1, -0.05) is 13.3 Å². The fourth-order valence-corrected chi connectivity index (χ4v) is 0.994. The van der Waals surface area contributed by atoms with Crippen LogP contribution in [0.5, 0.6) is 0 Å². The standard InChI is InChI=1S/C9H20N2O2/c1-3-4-8(12)7-11-9(13)5-6-10-2/h8,10,12H,3-7H2,1-2H3,(H,11,13). The Morgan fingerprint density at radius 3 is 2.77 bits per heavy atom. The van der Waals surface area contributed by atoms with E-state index < -0.39 is 6.10 Å². The first-order chi connectivity index (χ1) is 6.20. The maximum atomic E-state index is 11.0. The molecule has 0 rings (SSSR count). The molecule has 4 nitrogen and oxygen atoms in total. The van der Waals surface area contributed by atoms with E-state index in [2.05, 4.69) is 10.6 Å². The van der Waals surface area contributed by atoms with Crippen molar-refractivity contribution in [2.45, 2.75) is 32.3 Å². The SMILES string of the molecule is CCCC(O)CNC(=O)CCNC. The van der Waals surface area contributed by atoms with Crippen LogP contribution in [0.3, 0.4) is 0 Å². The van der Waals surface area contributed by atoms with Gasteiger partial charge in [0, 0.05) is 19.5 Å². The van der Waals surface area contributed by atoms with Gasteiger partial charge in [-0.25, -0.2) is 0 Å². The lowest BCUT2D eigenvalue weighted by molar-refractivity contribution is -0.121. The summed E-state index contributed by atoms with van der Waals surface area (Å²) in [4.78, 5) is 11.0. The molecule has 3 N–H and O–H groups in total. The van der Waals surface area contributed by atoms with Crippen molar-refractivity contribution in [1.82, 2.24) is 10.6 Å². The van der Waals surface area contributed by atoms with Crippen molar-refractivity contribution in [3.05, 3.63) is 0 Å². The summed E-state index contributed by atoms with van der Waals surface area (Å²) in [5.41, 5.74) is 0. The summed E-state index contributed by atoms with van der Waals surface area (Å²) in [6, 6.07) is 0. The fourth-order valence-electron chi connectivity index (χ4n) is 0.994. The third-order valence-corrected chi connectivity index (χ3v) is 1.76. The fraction of sp³-hybridized carbons (Fsp3) is 0.889. The zero-order valence-electron chi connectivity index (χ0n) is 8.47. The van der Waals surface area contributed by atoms with Crippen molar-refractivity contribution in [3.8, 4) is 0 Å². The van der Waals surface area contributed by atoms with Crippen molar-refractivity contribution in [3.63, 3.8) is 0 Å². The highest BCUT2D eigenvalue weighted by Crippen LogP contribution is 1.93. The predicted octanol–water partition coefficient (Wildman–Crippen LogP) is -0.127. The molecule has 0 aliphatic rings. The Labute approximate surface area is 79.7 Å². The zero-order chi connectivity index (χ0) is 10.1. The van der Waals surface area contributed by atoms with Gasteiger partial charge < -0.3 is 15.7 Å². The Kier molecular flexibility index (Phi) is 7.63. The number of amides is 1. The first-order valence-corrected chi connectivity index (χ1v) is 4.80. The minimum absolute atomic E-state index is 0.00972. The van der Waals surface area contributed by atoms with Crippen molar-refractivity contribution in [1.29, 1.82) is 0 Å². The van der Waals surface area contributed by atoms with Crippen LogP contribution in [0, 0.1) is 0 Å². The molecule has 0 bridgehead atoms. The lowest BCUT2D eigenvalue weighted by Gasteiger charge is -2.10. The van der Waals surface area contributed by atoms with Crippen LogP contribution in [0.4, 0.5) is 0 Å². The van der Waals surface area contributed by atoms with Gasteiger partial charge >= 0.3 is 0 Å². The van der Waals surface area contributed by atoms with Crippen LogP contribution >= 0.6 is 0 Å². The Balaban J connectivity index is 3.34. The third kappa shape index (κ3) is 7.74. The van der Waals surface area contributed by atoms with Gasteiger partial charge in [0.05, 0.1) is 6.10 Å². The molecule has 1 unspecified atom stereocenters. The first-order valence-electron chi connectivity index (χ1n) is 4.80. The molecular weight excluding hydrogens is 168 g/mol. The van der Waals surface area contributed by atoms with Crippen LogP contribution in [0.15, 0.2) is 0 Å². The van der Waals surface area contributed by atoms with Crippen LogP contribution in [0.1, 0.15) is 26.2 Å².